The van der Waals surface area contributed by atoms with E-state index in [9.17, 15) is 4.39 Å². The van der Waals surface area contributed by atoms with Gasteiger partial charge in [0.15, 0.2) is 0 Å². The van der Waals surface area contributed by atoms with Crippen molar-refractivity contribution in [3.63, 3.8) is 0 Å². The van der Waals surface area contributed by atoms with Gasteiger partial charge in [-0.05, 0) is 56.0 Å². The molecule has 4 heteroatoms. The molecule has 20 heavy (non-hydrogen) atoms. The lowest BCUT2D eigenvalue weighted by molar-refractivity contribution is 0.618. The Labute approximate surface area is 124 Å². The lowest BCUT2D eigenvalue weighted by Crippen LogP contribution is -2.31. The van der Waals surface area contributed by atoms with Crippen LogP contribution in [0.25, 0.3) is 0 Å². The minimum atomic E-state index is -0.235. The average Bonchev–Trinajstić information content (AvgIpc) is 2.89. The summed E-state index contributed by atoms with van der Waals surface area (Å²) in [5.41, 5.74) is 7.88. The Morgan fingerprint density at radius 2 is 2.00 bits per heavy atom. The Kier molecular flexibility index (Phi) is 4.78. The highest BCUT2D eigenvalue weighted by Crippen LogP contribution is 2.29. The molecule has 2 N–H and O–H groups in total. The molecule has 1 heterocycles. The molecular weight excluding hydrogens is 271 g/mol. The predicted molar refractivity (Wildman–Crippen MR) is 84.6 cm³/mol. The van der Waals surface area contributed by atoms with Crippen LogP contribution < -0.4 is 10.6 Å². The van der Waals surface area contributed by atoms with Gasteiger partial charge in [0.2, 0.25) is 0 Å². The molecule has 2 nitrogen and oxygen atoms in total. The molecule has 108 valence electrons. The van der Waals surface area contributed by atoms with E-state index in [1.165, 1.54) is 10.9 Å². The van der Waals surface area contributed by atoms with Gasteiger partial charge in [0.1, 0.15) is 5.82 Å². The molecule has 0 radical (unpaired) electrons. The van der Waals surface area contributed by atoms with E-state index in [0.717, 1.165) is 17.8 Å². The molecule has 1 aromatic carbocycles. The Bertz CT molecular complexity index is 550. The van der Waals surface area contributed by atoms with Crippen molar-refractivity contribution in [3.05, 3.63) is 52.0 Å². The first-order valence-corrected chi connectivity index (χ1v) is 7.71. The van der Waals surface area contributed by atoms with E-state index in [4.69, 9.17) is 5.73 Å². The SMILES string of the molecule is CC(C)N(Cc1cccs1)c1ccc(F)cc1[C@@H](C)N. The average molecular weight is 292 g/mol. The number of hydrogen-bond acceptors (Lipinski definition) is 3. The van der Waals surface area contributed by atoms with Crippen molar-refractivity contribution in [2.45, 2.75) is 39.4 Å². The molecule has 0 saturated carbocycles. The maximum absolute atomic E-state index is 13.5. The second kappa shape index (κ2) is 6.37. The molecule has 0 saturated heterocycles. The monoisotopic (exact) mass is 292 g/mol. The van der Waals surface area contributed by atoms with Crippen LogP contribution in [0.5, 0.6) is 0 Å². The minimum absolute atomic E-state index is 0.190. The highest BCUT2D eigenvalue weighted by molar-refractivity contribution is 7.09. The fraction of sp³-hybridized carbons (Fsp3) is 0.375. The summed E-state index contributed by atoms with van der Waals surface area (Å²) in [4.78, 5) is 3.56. The number of rotatable bonds is 5. The van der Waals surface area contributed by atoms with Gasteiger partial charge in [0.25, 0.3) is 0 Å². The van der Waals surface area contributed by atoms with Gasteiger partial charge in [-0.2, -0.15) is 0 Å². The molecular formula is C16H21FN2S. The molecule has 0 aliphatic carbocycles. The highest BCUT2D eigenvalue weighted by atomic mass is 32.1. The zero-order valence-corrected chi connectivity index (χ0v) is 13.0. The van der Waals surface area contributed by atoms with Gasteiger partial charge in [-0.3, -0.25) is 0 Å². The fourth-order valence-corrected chi connectivity index (χ4v) is 2.97. The molecule has 0 unspecified atom stereocenters. The number of thiophene rings is 1. The van der Waals surface area contributed by atoms with E-state index >= 15 is 0 Å². The zero-order chi connectivity index (χ0) is 14.7. The lowest BCUT2D eigenvalue weighted by atomic mass is 10.0. The standard InChI is InChI=1S/C16H21FN2S/c1-11(2)19(10-14-5-4-8-20-14)16-7-6-13(17)9-15(16)12(3)18/h4-9,11-12H,10,18H2,1-3H3/t12-/m1/s1. The number of halogens is 1. The second-order valence-electron chi connectivity index (χ2n) is 5.29. The molecule has 0 amide bonds. The summed E-state index contributed by atoms with van der Waals surface area (Å²) >= 11 is 1.73. The lowest BCUT2D eigenvalue weighted by Gasteiger charge is -2.31. The second-order valence-corrected chi connectivity index (χ2v) is 6.33. The topological polar surface area (TPSA) is 29.3 Å². The Morgan fingerprint density at radius 1 is 1.25 bits per heavy atom. The summed E-state index contributed by atoms with van der Waals surface area (Å²) in [5, 5.41) is 2.07. The van der Waals surface area contributed by atoms with Gasteiger partial charge in [0.05, 0.1) is 6.54 Å². The molecule has 0 aliphatic rings. The van der Waals surface area contributed by atoms with Gasteiger partial charge in [-0.1, -0.05) is 6.07 Å². The van der Waals surface area contributed by atoms with Crippen LogP contribution in [-0.2, 0) is 6.54 Å². The summed E-state index contributed by atoms with van der Waals surface area (Å²) in [6, 6.07) is 9.19. The van der Waals surface area contributed by atoms with Crippen molar-refractivity contribution in [2.24, 2.45) is 5.73 Å². The first-order chi connectivity index (χ1) is 9.49. The van der Waals surface area contributed by atoms with Crippen molar-refractivity contribution in [3.8, 4) is 0 Å². The molecule has 0 aliphatic heterocycles. The normalized spacial score (nSPS) is 12.7. The third kappa shape index (κ3) is 3.38. The maximum atomic E-state index is 13.5. The number of benzene rings is 1. The molecule has 0 bridgehead atoms. The van der Waals surface area contributed by atoms with E-state index in [-0.39, 0.29) is 11.9 Å². The Balaban J connectivity index is 2.38. The van der Waals surface area contributed by atoms with Crippen LogP contribution in [-0.4, -0.2) is 6.04 Å². The van der Waals surface area contributed by atoms with E-state index in [1.54, 1.807) is 17.4 Å². The molecule has 0 fully saturated rings. The summed E-state index contributed by atoms with van der Waals surface area (Å²) in [7, 11) is 0. The van der Waals surface area contributed by atoms with Crippen molar-refractivity contribution in [2.75, 3.05) is 4.90 Å². The summed E-state index contributed by atoms with van der Waals surface area (Å²) in [5.74, 6) is -0.235. The molecule has 1 aromatic heterocycles. The third-order valence-corrected chi connectivity index (χ3v) is 4.18. The smallest absolute Gasteiger partial charge is 0.123 e. The van der Waals surface area contributed by atoms with Crippen LogP contribution in [0.4, 0.5) is 10.1 Å². The van der Waals surface area contributed by atoms with Crippen LogP contribution in [0.1, 0.15) is 37.3 Å². The van der Waals surface area contributed by atoms with Crippen LogP contribution in [0.2, 0.25) is 0 Å². The van der Waals surface area contributed by atoms with Crippen molar-refractivity contribution in [1.82, 2.24) is 0 Å². The van der Waals surface area contributed by atoms with Crippen LogP contribution >= 0.6 is 11.3 Å². The van der Waals surface area contributed by atoms with E-state index in [1.807, 2.05) is 13.0 Å². The maximum Gasteiger partial charge on any atom is 0.123 e. The van der Waals surface area contributed by atoms with E-state index in [0.29, 0.717) is 6.04 Å². The van der Waals surface area contributed by atoms with Crippen LogP contribution in [0.15, 0.2) is 35.7 Å². The summed E-state index contributed by atoms with van der Waals surface area (Å²) < 4.78 is 13.5. The molecule has 0 spiro atoms. The summed E-state index contributed by atoms with van der Waals surface area (Å²) in [6.07, 6.45) is 0. The number of hydrogen-bond donors (Lipinski definition) is 1. The molecule has 2 rings (SSSR count). The number of anilines is 1. The van der Waals surface area contributed by atoms with Crippen molar-refractivity contribution in [1.29, 1.82) is 0 Å². The molecule has 1 atom stereocenters. The molecule has 2 aromatic rings. The van der Waals surface area contributed by atoms with Gasteiger partial charge in [0, 0.05) is 22.6 Å². The van der Waals surface area contributed by atoms with Gasteiger partial charge >= 0.3 is 0 Å². The van der Waals surface area contributed by atoms with Gasteiger partial charge < -0.3 is 10.6 Å². The quantitative estimate of drug-likeness (QED) is 0.889. The van der Waals surface area contributed by atoms with Crippen LogP contribution in [0, 0.1) is 5.82 Å². The number of nitrogens with zero attached hydrogens (tertiary/aromatic N) is 1. The minimum Gasteiger partial charge on any atom is -0.364 e. The highest BCUT2D eigenvalue weighted by Gasteiger charge is 2.18. The van der Waals surface area contributed by atoms with Crippen molar-refractivity contribution >= 4 is 17.0 Å². The number of nitrogens with two attached hydrogens (primary N) is 1. The van der Waals surface area contributed by atoms with E-state index in [2.05, 4.69) is 36.3 Å². The van der Waals surface area contributed by atoms with Gasteiger partial charge in [-0.25, -0.2) is 4.39 Å². The first-order valence-electron chi connectivity index (χ1n) is 6.83. The first kappa shape index (κ1) is 15.0. The zero-order valence-electron chi connectivity index (χ0n) is 12.1. The fourth-order valence-electron chi connectivity index (χ4n) is 2.27. The predicted octanol–water partition coefficient (Wildman–Crippen LogP) is 4.32. The van der Waals surface area contributed by atoms with Gasteiger partial charge in [-0.15, -0.1) is 11.3 Å². The Hall–Kier alpha value is -1.39. The summed E-state index contributed by atoms with van der Waals surface area (Å²) in [6.45, 7) is 6.99. The largest absolute Gasteiger partial charge is 0.364 e. The Morgan fingerprint density at radius 3 is 2.55 bits per heavy atom. The third-order valence-electron chi connectivity index (χ3n) is 3.32. The van der Waals surface area contributed by atoms with Crippen molar-refractivity contribution < 1.29 is 4.39 Å². The van der Waals surface area contributed by atoms with Crippen LogP contribution in [0.3, 0.4) is 0 Å². The van der Waals surface area contributed by atoms with E-state index < -0.39 is 0 Å².